The van der Waals surface area contributed by atoms with E-state index in [1.807, 2.05) is 25.1 Å². The van der Waals surface area contributed by atoms with Crippen LogP contribution < -0.4 is 4.74 Å². The fourth-order valence-electron chi connectivity index (χ4n) is 3.76. The second-order valence-corrected chi connectivity index (χ2v) is 6.42. The van der Waals surface area contributed by atoms with Gasteiger partial charge in [0.15, 0.2) is 0 Å². The molecule has 1 aliphatic rings. The Balaban J connectivity index is 2.09. The van der Waals surface area contributed by atoms with Crippen molar-refractivity contribution in [3.8, 4) is 34.3 Å². The molecule has 3 aromatic rings. The van der Waals surface area contributed by atoms with Gasteiger partial charge in [0.25, 0.3) is 0 Å². The maximum Gasteiger partial charge on any atom is 0.232 e. The average Bonchev–Trinajstić information content (AvgIpc) is 2.87. The van der Waals surface area contributed by atoms with Gasteiger partial charge in [-0.15, -0.1) is 0 Å². The van der Waals surface area contributed by atoms with Gasteiger partial charge in [0.05, 0.1) is 12.3 Å². The number of pyridine rings is 1. The van der Waals surface area contributed by atoms with Crippen molar-refractivity contribution >= 4 is 0 Å². The number of aromatic nitrogens is 1. The van der Waals surface area contributed by atoms with Gasteiger partial charge in [0.1, 0.15) is 11.6 Å². The first-order valence-electron chi connectivity index (χ1n) is 9.07. The van der Waals surface area contributed by atoms with Crippen molar-refractivity contribution in [3.63, 3.8) is 0 Å². The Morgan fingerprint density at radius 1 is 1.04 bits per heavy atom. The molecular weight excluding hydrogens is 320 g/mol. The summed E-state index contributed by atoms with van der Waals surface area (Å²) in [6.07, 6.45) is 2.97. The molecule has 1 aliphatic carbocycles. The van der Waals surface area contributed by atoms with Crippen LogP contribution in [0.2, 0.25) is 0 Å². The van der Waals surface area contributed by atoms with Gasteiger partial charge in [-0.25, -0.2) is 4.98 Å². The molecule has 0 fully saturated rings. The van der Waals surface area contributed by atoms with Crippen molar-refractivity contribution in [2.24, 2.45) is 0 Å². The highest BCUT2D eigenvalue weighted by atomic mass is 16.5. The molecule has 0 unspecified atom stereocenters. The molecule has 0 bridgehead atoms. The van der Waals surface area contributed by atoms with Crippen LogP contribution in [0, 0.1) is 11.3 Å². The van der Waals surface area contributed by atoms with Gasteiger partial charge >= 0.3 is 0 Å². The van der Waals surface area contributed by atoms with E-state index in [1.165, 1.54) is 5.56 Å². The van der Waals surface area contributed by atoms with Gasteiger partial charge < -0.3 is 4.74 Å². The molecule has 0 N–H and O–H groups in total. The van der Waals surface area contributed by atoms with Gasteiger partial charge in [-0.05, 0) is 42.9 Å². The maximum atomic E-state index is 9.88. The smallest absolute Gasteiger partial charge is 0.232 e. The van der Waals surface area contributed by atoms with E-state index in [9.17, 15) is 5.26 Å². The molecule has 0 aliphatic heterocycles. The van der Waals surface area contributed by atoms with E-state index in [1.54, 1.807) is 0 Å². The number of nitrogens with zero attached hydrogens (tertiary/aromatic N) is 2. The number of benzene rings is 2. The van der Waals surface area contributed by atoms with Gasteiger partial charge in [-0.1, -0.05) is 54.6 Å². The van der Waals surface area contributed by atoms with Crippen molar-refractivity contribution in [3.05, 3.63) is 71.3 Å². The van der Waals surface area contributed by atoms with E-state index in [4.69, 9.17) is 9.72 Å². The number of hydrogen-bond acceptors (Lipinski definition) is 3. The number of hydrogen-bond donors (Lipinski definition) is 0. The first kappa shape index (κ1) is 16.4. The summed E-state index contributed by atoms with van der Waals surface area (Å²) in [6, 6.07) is 20.9. The summed E-state index contributed by atoms with van der Waals surface area (Å²) >= 11 is 0. The number of fused-ring (bicyclic) bond motifs is 3. The monoisotopic (exact) mass is 340 g/mol. The topological polar surface area (TPSA) is 45.9 Å². The van der Waals surface area contributed by atoms with Crippen LogP contribution in [0.5, 0.6) is 5.88 Å². The average molecular weight is 340 g/mol. The molecule has 4 rings (SSSR count). The fraction of sp³-hybridized carbons (Fsp3) is 0.217. The van der Waals surface area contributed by atoms with Crippen molar-refractivity contribution in [2.75, 3.05) is 6.61 Å². The lowest BCUT2D eigenvalue weighted by Crippen LogP contribution is -2.05. The lowest BCUT2D eigenvalue weighted by molar-refractivity contribution is 0.326. The molecule has 3 nitrogen and oxygen atoms in total. The molecule has 1 aromatic heterocycles. The van der Waals surface area contributed by atoms with Crippen LogP contribution in [0.3, 0.4) is 0 Å². The standard InChI is InChI=1S/C23H20N2O/c1-2-26-23-20(15-24)21(17-10-4-3-5-11-17)19-14-8-12-16-9-6-7-13-18(16)22(19)25-23/h3-7,9-11,13H,2,8,12,14H2,1H3. The van der Waals surface area contributed by atoms with E-state index >= 15 is 0 Å². The predicted molar refractivity (Wildman–Crippen MR) is 103 cm³/mol. The molecular formula is C23H20N2O. The minimum Gasteiger partial charge on any atom is -0.477 e. The van der Waals surface area contributed by atoms with Crippen LogP contribution in [0.15, 0.2) is 54.6 Å². The van der Waals surface area contributed by atoms with Gasteiger partial charge in [0, 0.05) is 11.1 Å². The molecule has 3 heteroatoms. The molecule has 2 aromatic carbocycles. The summed E-state index contributed by atoms with van der Waals surface area (Å²) in [5, 5.41) is 9.88. The second-order valence-electron chi connectivity index (χ2n) is 6.42. The molecule has 128 valence electrons. The third-order valence-electron chi connectivity index (χ3n) is 4.87. The van der Waals surface area contributed by atoms with Gasteiger partial charge in [-0.3, -0.25) is 0 Å². The van der Waals surface area contributed by atoms with E-state index < -0.39 is 0 Å². The van der Waals surface area contributed by atoms with Crippen molar-refractivity contribution in [2.45, 2.75) is 26.2 Å². The molecule has 26 heavy (non-hydrogen) atoms. The van der Waals surface area contributed by atoms with E-state index in [2.05, 4.69) is 42.5 Å². The summed E-state index contributed by atoms with van der Waals surface area (Å²) in [4.78, 5) is 4.82. The fourth-order valence-corrected chi connectivity index (χ4v) is 3.76. The zero-order chi connectivity index (χ0) is 17.9. The van der Waals surface area contributed by atoms with Crippen LogP contribution in [-0.4, -0.2) is 11.6 Å². The molecule has 0 radical (unpaired) electrons. The Bertz CT molecular complexity index is 987. The third kappa shape index (κ3) is 2.74. The number of nitriles is 1. The van der Waals surface area contributed by atoms with Gasteiger partial charge in [0.2, 0.25) is 5.88 Å². The quantitative estimate of drug-likeness (QED) is 0.660. The summed E-state index contributed by atoms with van der Waals surface area (Å²) < 4.78 is 5.78. The highest BCUT2D eigenvalue weighted by Gasteiger charge is 2.25. The Kier molecular flexibility index (Phi) is 4.41. The van der Waals surface area contributed by atoms with E-state index in [-0.39, 0.29) is 0 Å². The zero-order valence-corrected chi connectivity index (χ0v) is 14.8. The Labute approximate surface area is 153 Å². The van der Waals surface area contributed by atoms with Crippen LogP contribution in [0.4, 0.5) is 0 Å². The minimum absolute atomic E-state index is 0.435. The molecule has 0 saturated heterocycles. The molecule has 0 saturated carbocycles. The number of aryl methyl sites for hydroxylation is 1. The zero-order valence-electron chi connectivity index (χ0n) is 14.8. The Morgan fingerprint density at radius 2 is 1.81 bits per heavy atom. The summed E-state index contributed by atoms with van der Waals surface area (Å²) in [5.41, 5.74) is 7.13. The largest absolute Gasteiger partial charge is 0.477 e. The highest BCUT2D eigenvalue weighted by Crippen LogP contribution is 2.41. The SMILES string of the molecule is CCOc1nc2c(c(-c3ccccc3)c1C#N)CCCc1ccccc1-2. The second kappa shape index (κ2) is 7.01. The highest BCUT2D eigenvalue weighted by molar-refractivity contribution is 5.83. The molecule has 0 amide bonds. The summed E-state index contributed by atoms with van der Waals surface area (Å²) in [7, 11) is 0. The number of ether oxygens (including phenoxy) is 1. The predicted octanol–water partition coefficient (Wildman–Crippen LogP) is 5.17. The first-order valence-corrected chi connectivity index (χ1v) is 9.07. The Morgan fingerprint density at radius 3 is 2.58 bits per heavy atom. The summed E-state index contributed by atoms with van der Waals surface area (Å²) in [6.45, 7) is 2.40. The first-order chi connectivity index (χ1) is 12.8. The lowest BCUT2D eigenvalue weighted by atomic mass is 9.91. The lowest BCUT2D eigenvalue weighted by Gasteiger charge is -2.18. The number of rotatable bonds is 3. The van der Waals surface area contributed by atoms with Crippen molar-refractivity contribution < 1.29 is 4.74 Å². The minimum atomic E-state index is 0.435. The maximum absolute atomic E-state index is 9.88. The molecule has 0 atom stereocenters. The van der Waals surface area contributed by atoms with Crippen LogP contribution in [0.25, 0.3) is 22.4 Å². The van der Waals surface area contributed by atoms with Crippen molar-refractivity contribution in [1.29, 1.82) is 5.26 Å². The van der Waals surface area contributed by atoms with Crippen LogP contribution in [-0.2, 0) is 12.8 Å². The van der Waals surface area contributed by atoms with E-state index in [0.717, 1.165) is 47.2 Å². The summed E-state index contributed by atoms with van der Waals surface area (Å²) in [5.74, 6) is 0.435. The normalized spacial score (nSPS) is 12.5. The van der Waals surface area contributed by atoms with Gasteiger partial charge in [-0.2, -0.15) is 5.26 Å². The third-order valence-corrected chi connectivity index (χ3v) is 4.87. The van der Waals surface area contributed by atoms with E-state index in [0.29, 0.717) is 18.1 Å². The molecule has 0 spiro atoms. The van der Waals surface area contributed by atoms with Crippen molar-refractivity contribution in [1.82, 2.24) is 4.98 Å². The van der Waals surface area contributed by atoms with Crippen LogP contribution in [0.1, 0.15) is 30.0 Å². The van der Waals surface area contributed by atoms with Crippen LogP contribution >= 0.6 is 0 Å². The Hall–Kier alpha value is -3.12. The molecule has 1 heterocycles.